The molecule has 2 saturated heterocycles. The SMILES string of the molecule is CC(C)N1CCN(Cc2ccc(-c3ccc(C(=O)N4CCCCC4)cc3)nn2)CC1.Cl.Cl. The highest BCUT2D eigenvalue weighted by Gasteiger charge is 2.20. The van der Waals surface area contributed by atoms with Gasteiger partial charge in [-0.25, -0.2) is 0 Å². The number of rotatable bonds is 5. The minimum atomic E-state index is 0. The summed E-state index contributed by atoms with van der Waals surface area (Å²) in [5.41, 5.74) is 3.61. The Morgan fingerprint density at radius 2 is 1.50 bits per heavy atom. The van der Waals surface area contributed by atoms with Gasteiger partial charge in [-0.05, 0) is 57.4 Å². The molecule has 2 aromatic rings. The Morgan fingerprint density at radius 1 is 0.844 bits per heavy atom. The van der Waals surface area contributed by atoms with E-state index in [1.54, 1.807) is 0 Å². The fraction of sp³-hybridized carbons (Fsp3) is 0.542. The van der Waals surface area contributed by atoms with Crippen LogP contribution in [0.2, 0.25) is 0 Å². The molecule has 0 bridgehead atoms. The van der Waals surface area contributed by atoms with E-state index in [0.29, 0.717) is 6.04 Å². The quantitative estimate of drug-likeness (QED) is 0.644. The van der Waals surface area contributed by atoms with Crippen LogP contribution >= 0.6 is 24.8 Å². The molecular formula is C24H35Cl2N5O. The second-order valence-corrected chi connectivity index (χ2v) is 8.75. The van der Waals surface area contributed by atoms with Crippen molar-refractivity contribution in [1.82, 2.24) is 24.9 Å². The fourth-order valence-corrected chi connectivity index (χ4v) is 4.33. The van der Waals surface area contributed by atoms with Crippen molar-refractivity contribution in [3.05, 3.63) is 47.7 Å². The number of piperidine rings is 1. The third-order valence-electron chi connectivity index (χ3n) is 6.31. The zero-order valence-electron chi connectivity index (χ0n) is 19.1. The molecule has 0 radical (unpaired) electrons. The topological polar surface area (TPSA) is 52.6 Å². The summed E-state index contributed by atoms with van der Waals surface area (Å²) in [6.45, 7) is 11.5. The van der Waals surface area contributed by atoms with Crippen molar-refractivity contribution in [3.8, 4) is 11.3 Å². The number of hydrogen-bond donors (Lipinski definition) is 0. The fourth-order valence-electron chi connectivity index (χ4n) is 4.33. The van der Waals surface area contributed by atoms with E-state index in [1.165, 1.54) is 6.42 Å². The second-order valence-electron chi connectivity index (χ2n) is 8.75. The van der Waals surface area contributed by atoms with Crippen LogP contribution in [0.15, 0.2) is 36.4 Å². The molecular weight excluding hydrogens is 445 g/mol. The molecule has 0 saturated carbocycles. The van der Waals surface area contributed by atoms with Crippen LogP contribution in [0.25, 0.3) is 11.3 Å². The summed E-state index contributed by atoms with van der Waals surface area (Å²) in [7, 11) is 0. The minimum absolute atomic E-state index is 0. The predicted octanol–water partition coefficient (Wildman–Crippen LogP) is 4.14. The number of amides is 1. The van der Waals surface area contributed by atoms with Crippen molar-refractivity contribution in [1.29, 1.82) is 0 Å². The summed E-state index contributed by atoms with van der Waals surface area (Å²) < 4.78 is 0. The van der Waals surface area contributed by atoms with E-state index in [-0.39, 0.29) is 30.7 Å². The maximum absolute atomic E-state index is 12.6. The van der Waals surface area contributed by atoms with Gasteiger partial charge in [0.1, 0.15) is 0 Å². The monoisotopic (exact) mass is 479 g/mol. The molecule has 6 nitrogen and oxygen atoms in total. The Hall–Kier alpha value is -1.73. The van der Waals surface area contributed by atoms with Gasteiger partial charge in [-0.1, -0.05) is 12.1 Å². The molecule has 0 aliphatic carbocycles. The van der Waals surface area contributed by atoms with Crippen LogP contribution in [0, 0.1) is 0 Å². The molecule has 1 aromatic carbocycles. The molecule has 0 spiro atoms. The molecule has 0 N–H and O–H groups in total. The first kappa shape index (κ1) is 26.5. The summed E-state index contributed by atoms with van der Waals surface area (Å²) in [5.74, 6) is 0.139. The van der Waals surface area contributed by atoms with Gasteiger partial charge in [0.2, 0.25) is 0 Å². The lowest BCUT2D eigenvalue weighted by atomic mass is 10.1. The molecule has 0 unspecified atom stereocenters. The van der Waals surface area contributed by atoms with Crippen molar-refractivity contribution in [2.75, 3.05) is 39.3 Å². The lowest BCUT2D eigenvalue weighted by molar-refractivity contribution is 0.0724. The molecule has 2 aliphatic rings. The van der Waals surface area contributed by atoms with Crippen LogP contribution in [0.4, 0.5) is 0 Å². The highest BCUT2D eigenvalue weighted by atomic mass is 35.5. The number of nitrogens with zero attached hydrogens (tertiary/aromatic N) is 5. The normalized spacial score (nSPS) is 17.5. The third-order valence-corrected chi connectivity index (χ3v) is 6.31. The van der Waals surface area contributed by atoms with Gasteiger partial charge in [-0.3, -0.25) is 14.6 Å². The average Bonchev–Trinajstić information content (AvgIpc) is 2.80. The Morgan fingerprint density at radius 3 is 2.06 bits per heavy atom. The van der Waals surface area contributed by atoms with E-state index in [0.717, 1.165) is 81.2 Å². The molecule has 176 valence electrons. The van der Waals surface area contributed by atoms with E-state index in [4.69, 9.17) is 0 Å². The lowest BCUT2D eigenvalue weighted by Gasteiger charge is -2.36. The predicted molar refractivity (Wildman–Crippen MR) is 134 cm³/mol. The van der Waals surface area contributed by atoms with E-state index >= 15 is 0 Å². The molecule has 2 aliphatic heterocycles. The number of hydrogen-bond acceptors (Lipinski definition) is 5. The Labute approximate surface area is 204 Å². The van der Waals surface area contributed by atoms with Gasteiger partial charge in [0.25, 0.3) is 5.91 Å². The van der Waals surface area contributed by atoms with E-state index in [1.807, 2.05) is 35.2 Å². The third kappa shape index (κ3) is 6.64. The molecule has 0 atom stereocenters. The van der Waals surface area contributed by atoms with Crippen LogP contribution in [0.1, 0.15) is 49.2 Å². The number of carbonyl (C=O) groups excluding carboxylic acids is 1. The van der Waals surface area contributed by atoms with Crippen molar-refractivity contribution in [2.24, 2.45) is 0 Å². The average molecular weight is 480 g/mol. The first-order valence-corrected chi connectivity index (χ1v) is 11.3. The molecule has 32 heavy (non-hydrogen) atoms. The molecule has 1 amide bonds. The number of aromatic nitrogens is 2. The lowest BCUT2D eigenvalue weighted by Crippen LogP contribution is -2.48. The van der Waals surface area contributed by atoms with E-state index < -0.39 is 0 Å². The van der Waals surface area contributed by atoms with Gasteiger partial charge >= 0.3 is 0 Å². The molecule has 3 heterocycles. The summed E-state index contributed by atoms with van der Waals surface area (Å²) in [6.07, 6.45) is 3.45. The maximum atomic E-state index is 12.6. The minimum Gasteiger partial charge on any atom is -0.339 e. The van der Waals surface area contributed by atoms with Gasteiger partial charge in [0.15, 0.2) is 0 Å². The summed E-state index contributed by atoms with van der Waals surface area (Å²) in [5, 5.41) is 8.89. The van der Waals surface area contributed by atoms with Gasteiger partial charge in [-0.2, -0.15) is 10.2 Å². The van der Waals surface area contributed by atoms with Crippen LogP contribution in [-0.4, -0.2) is 76.1 Å². The molecule has 2 fully saturated rings. The van der Waals surface area contributed by atoms with Crippen molar-refractivity contribution in [3.63, 3.8) is 0 Å². The zero-order valence-corrected chi connectivity index (χ0v) is 20.7. The van der Waals surface area contributed by atoms with Crippen molar-refractivity contribution < 1.29 is 4.79 Å². The van der Waals surface area contributed by atoms with Crippen LogP contribution < -0.4 is 0 Å². The largest absolute Gasteiger partial charge is 0.339 e. The Kier molecular flexibility index (Phi) is 10.4. The standard InChI is InChI=1S/C24H33N5O.2ClH/c1-19(2)28-16-14-27(15-17-28)18-22-10-11-23(26-25-22)20-6-8-21(9-7-20)24(30)29-12-4-3-5-13-29;;/h6-11,19H,3-5,12-18H2,1-2H3;2*1H. The summed E-state index contributed by atoms with van der Waals surface area (Å²) in [6, 6.07) is 12.5. The van der Waals surface area contributed by atoms with E-state index in [9.17, 15) is 4.79 Å². The smallest absolute Gasteiger partial charge is 0.253 e. The molecule has 1 aromatic heterocycles. The Balaban J connectivity index is 0.00000181. The summed E-state index contributed by atoms with van der Waals surface area (Å²) >= 11 is 0. The highest BCUT2D eigenvalue weighted by Crippen LogP contribution is 2.19. The maximum Gasteiger partial charge on any atom is 0.253 e. The zero-order chi connectivity index (χ0) is 20.9. The highest BCUT2D eigenvalue weighted by molar-refractivity contribution is 5.94. The van der Waals surface area contributed by atoms with Crippen LogP contribution in [-0.2, 0) is 6.54 Å². The number of benzene rings is 1. The van der Waals surface area contributed by atoms with Gasteiger partial charge in [0.05, 0.1) is 11.4 Å². The first-order chi connectivity index (χ1) is 14.6. The molecule has 4 rings (SSSR count). The van der Waals surface area contributed by atoms with E-state index in [2.05, 4.69) is 39.9 Å². The van der Waals surface area contributed by atoms with Crippen molar-refractivity contribution in [2.45, 2.75) is 45.7 Å². The first-order valence-electron chi connectivity index (χ1n) is 11.3. The summed E-state index contributed by atoms with van der Waals surface area (Å²) in [4.78, 5) is 19.6. The number of carbonyl (C=O) groups is 1. The van der Waals surface area contributed by atoms with Crippen LogP contribution in [0.3, 0.4) is 0 Å². The van der Waals surface area contributed by atoms with Crippen molar-refractivity contribution >= 4 is 30.7 Å². The molecule has 8 heteroatoms. The van der Waals surface area contributed by atoms with Gasteiger partial charge in [0, 0.05) is 63.0 Å². The number of halogens is 2. The Bertz CT molecular complexity index is 830. The van der Waals surface area contributed by atoms with Gasteiger partial charge in [-0.15, -0.1) is 24.8 Å². The number of piperazine rings is 1. The number of likely N-dealkylation sites (tertiary alicyclic amines) is 1. The van der Waals surface area contributed by atoms with Gasteiger partial charge < -0.3 is 4.90 Å². The second kappa shape index (κ2) is 12.5. The van der Waals surface area contributed by atoms with Crippen LogP contribution in [0.5, 0.6) is 0 Å².